The fraction of sp³-hybridized carbons (Fsp3) is 0.455. The zero-order chi connectivity index (χ0) is 14.3. The van der Waals surface area contributed by atoms with Gasteiger partial charge in [0, 0.05) is 6.54 Å². The van der Waals surface area contributed by atoms with E-state index in [1.807, 2.05) is 0 Å². The van der Waals surface area contributed by atoms with Gasteiger partial charge in [0.2, 0.25) is 10.0 Å². The molecule has 8 heteroatoms. The summed E-state index contributed by atoms with van der Waals surface area (Å²) in [4.78, 5) is 0. The van der Waals surface area contributed by atoms with Gasteiger partial charge in [-0.2, -0.15) is 13.2 Å². The van der Waals surface area contributed by atoms with Gasteiger partial charge in [0.05, 0.1) is 22.7 Å². The van der Waals surface area contributed by atoms with Gasteiger partial charge < -0.3 is 5.73 Å². The van der Waals surface area contributed by atoms with Gasteiger partial charge in [-0.25, -0.2) is 8.42 Å². The molecule has 1 aromatic rings. The molecule has 0 unspecified atom stereocenters. The van der Waals surface area contributed by atoms with Gasteiger partial charge in [-0.1, -0.05) is 0 Å². The maximum Gasteiger partial charge on any atom is 0.416 e. The molecule has 0 bridgehead atoms. The summed E-state index contributed by atoms with van der Waals surface area (Å²) in [5.74, 6) is -0.00649. The lowest BCUT2D eigenvalue weighted by molar-refractivity contribution is -0.137. The first-order chi connectivity index (χ1) is 8.72. The van der Waals surface area contributed by atoms with Crippen LogP contribution in [0.1, 0.15) is 18.4 Å². The van der Waals surface area contributed by atoms with Crippen LogP contribution in [0, 0.1) is 0 Å². The van der Waals surface area contributed by atoms with Gasteiger partial charge in [-0.3, -0.25) is 4.31 Å². The molecule has 2 N–H and O–H groups in total. The second-order valence-corrected chi connectivity index (χ2v) is 6.38. The van der Waals surface area contributed by atoms with Gasteiger partial charge in [-0.15, -0.1) is 0 Å². The number of sulfonamides is 1. The maximum atomic E-state index is 12.5. The van der Waals surface area contributed by atoms with E-state index >= 15 is 0 Å². The van der Waals surface area contributed by atoms with Crippen LogP contribution in [-0.4, -0.2) is 20.7 Å². The predicted molar refractivity (Wildman–Crippen MR) is 66.2 cm³/mol. The van der Waals surface area contributed by atoms with Crippen molar-refractivity contribution in [2.24, 2.45) is 0 Å². The highest BCUT2D eigenvalue weighted by Gasteiger charge is 2.33. The molecule has 0 aromatic heterocycles. The Hall–Kier alpha value is -1.44. The van der Waals surface area contributed by atoms with Gasteiger partial charge in [-0.05, 0) is 31.0 Å². The Labute approximate surface area is 109 Å². The Balaban J connectivity index is 2.41. The first-order valence-corrected chi connectivity index (χ1v) is 7.30. The van der Waals surface area contributed by atoms with Gasteiger partial charge in [0.25, 0.3) is 0 Å². The first kappa shape index (κ1) is 14.0. The molecule has 1 aromatic carbocycles. The maximum absolute atomic E-state index is 12.5. The van der Waals surface area contributed by atoms with Crippen LogP contribution in [0.5, 0.6) is 0 Å². The molecule has 0 atom stereocenters. The second-order valence-electron chi connectivity index (χ2n) is 4.37. The third kappa shape index (κ3) is 2.78. The van der Waals surface area contributed by atoms with Crippen LogP contribution in [0.2, 0.25) is 0 Å². The minimum Gasteiger partial charge on any atom is -0.397 e. The highest BCUT2D eigenvalue weighted by molar-refractivity contribution is 7.92. The lowest BCUT2D eigenvalue weighted by atomic mass is 10.1. The zero-order valence-corrected chi connectivity index (χ0v) is 10.8. The summed E-state index contributed by atoms with van der Waals surface area (Å²) in [6.45, 7) is 0.248. The lowest BCUT2D eigenvalue weighted by Gasteiger charge is -2.29. The number of nitrogen functional groups attached to an aromatic ring is 1. The Morgan fingerprint density at radius 3 is 2.42 bits per heavy atom. The van der Waals surface area contributed by atoms with Crippen molar-refractivity contribution >= 4 is 21.4 Å². The van der Waals surface area contributed by atoms with Crippen molar-refractivity contribution < 1.29 is 21.6 Å². The molecule has 1 aliphatic heterocycles. The molecule has 106 valence electrons. The first-order valence-electron chi connectivity index (χ1n) is 5.69. The number of nitrogens with zero attached hydrogens (tertiary/aromatic N) is 1. The van der Waals surface area contributed by atoms with E-state index in [-0.39, 0.29) is 23.7 Å². The van der Waals surface area contributed by atoms with Gasteiger partial charge in [0.15, 0.2) is 0 Å². The van der Waals surface area contributed by atoms with Crippen molar-refractivity contribution in [3.8, 4) is 0 Å². The fourth-order valence-electron chi connectivity index (χ4n) is 2.02. The topological polar surface area (TPSA) is 63.4 Å². The van der Waals surface area contributed by atoms with Crippen LogP contribution >= 0.6 is 0 Å². The molecule has 1 saturated heterocycles. The number of benzene rings is 1. The molecule has 4 nitrogen and oxygen atoms in total. The number of rotatable bonds is 1. The van der Waals surface area contributed by atoms with E-state index in [1.165, 1.54) is 0 Å². The fourth-order valence-corrected chi connectivity index (χ4v) is 3.68. The third-order valence-electron chi connectivity index (χ3n) is 2.97. The highest BCUT2D eigenvalue weighted by atomic mass is 32.2. The minimum atomic E-state index is -4.49. The van der Waals surface area contributed by atoms with E-state index in [4.69, 9.17) is 5.73 Å². The molecule has 1 heterocycles. The second kappa shape index (κ2) is 4.59. The molecule has 0 aliphatic carbocycles. The summed E-state index contributed by atoms with van der Waals surface area (Å²) in [5.41, 5.74) is 4.62. The number of nitrogens with two attached hydrogens (primary N) is 1. The van der Waals surface area contributed by atoms with E-state index in [2.05, 4.69) is 0 Å². The lowest BCUT2D eigenvalue weighted by Crippen LogP contribution is -2.38. The smallest absolute Gasteiger partial charge is 0.397 e. The quantitative estimate of drug-likeness (QED) is 0.808. The molecule has 0 radical (unpaired) electrons. The van der Waals surface area contributed by atoms with Crippen LogP contribution in [0.25, 0.3) is 0 Å². The van der Waals surface area contributed by atoms with E-state index in [9.17, 15) is 21.6 Å². The Morgan fingerprint density at radius 2 is 1.89 bits per heavy atom. The normalized spacial score (nSPS) is 19.4. The zero-order valence-electron chi connectivity index (χ0n) is 9.94. The summed E-state index contributed by atoms with van der Waals surface area (Å²) < 4.78 is 62.3. The summed E-state index contributed by atoms with van der Waals surface area (Å²) >= 11 is 0. The SMILES string of the molecule is Nc1cc(C(F)(F)F)ccc1N1CCCCS1(=O)=O. The number of anilines is 2. The number of halogens is 3. The molecule has 0 amide bonds. The summed E-state index contributed by atoms with van der Waals surface area (Å²) in [5, 5.41) is 0. The van der Waals surface area contributed by atoms with E-state index in [0.29, 0.717) is 12.8 Å². The summed E-state index contributed by atoms with van der Waals surface area (Å²) in [6, 6.07) is 2.72. The average molecular weight is 294 g/mol. The average Bonchev–Trinajstić information content (AvgIpc) is 2.28. The van der Waals surface area contributed by atoms with Crippen LogP contribution in [0.3, 0.4) is 0 Å². The minimum absolute atomic E-state index is 0.00649. The van der Waals surface area contributed by atoms with Crippen molar-refractivity contribution in [2.45, 2.75) is 19.0 Å². The summed E-state index contributed by atoms with van der Waals surface area (Å²) in [7, 11) is -3.48. The van der Waals surface area contributed by atoms with Crippen LogP contribution in [0.15, 0.2) is 18.2 Å². The van der Waals surface area contributed by atoms with Crippen LogP contribution in [-0.2, 0) is 16.2 Å². The third-order valence-corrected chi connectivity index (χ3v) is 4.83. The molecule has 19 heavy (non-hydrogen) atoms. The van der Waals surface area contributed by atoms with E-state index < -0.39 is 21.8 Å². The Bertz CT molecular complexity index is 584. The largest absolute Gasteiger partial charge is 0.416 e. The predicted octanol–water partition coefficient (Wildman–Crippen LogP) is 2.22. The molecule has 2 rings (SSSR count). The van der Waals surface area contributed by atoms with E-state index in [1.54, 1.807) is 0 Å². The van der Waals surface area contributed by atoms with Gasteiger partial charge in [0.1, 0.15) is 0 Å². The van der Waals surface area contributed by atoms with Crippen molar-refractivity contribution in [2.75, 3.05) is 22.3 Å². The van der Waals surface area contributed by atoms with Crippen molar-refractivity contribution in [1.82, 2.24) is 0 Å². The van der Waals surface area contributed by atoms with E-state index in [0.717, 1.165) is 22.5 Å². The molecule has 1 aliphatic rings. The van der Waals surface area contributed by atoms with Crippen LogP contribution in [0.4, 0.5) is 24.5 Å². The number of hydrogen-bond acceptors (Lipinski definition) is 3. The van der Waals surface area contributed by atoms with Crippen molar-refractivity contribution in [1.29, 1.82) is 0 Å². The molecular formula is C11H13F3N2O2S. The van der Waals surface area contributed by atoms with Crippen LogP contribution < -0.4 is 10.0 Å². The molecule has 1 fully saturated rings. The van der Waals surface area contributed by atoms with Crippen molar-refractivity contribution in [3.05, 3.63) is 23.8 Å². The molecule has 0 spiro atoms. The van der Waals surface area contributed by atoms with Crippen molar-refractivity contribution in [3.63, 3.8) is 0 Å². The monoisotopic (exact) mass is 294 g/mol. The Morgan fingerprint density at radius 1 is 1.21 bits per heavy atom. The highest BCUT2D eigenvalue weighted by Crippen LogP contribution is 2.35. The molecular weight excluding hydrogens is 281 g/mol. The molecule has 0 saturated carbocycles. The number of hydrogen-bond donors (Lipinski definition) is 1. The van der Waals surface area contributed by atoms with Gasteiger partial charge >= 0.3 is 6.18 Å². The Kier molecular flexibility index (Phi) is 3.38. The number of alkyl halides is 3. The standard InChI is InChI=1S/C11H13F3N2O2S/c12-11(13,14)8-3-4-10(9(15)7-8)16-5-1-2-6-19(16,17)18/h3-4,7H,1-2,5-6,15H2. The summed E-state index contributed by atoms with van der Waals surface area (Å²) in [6.07, 6.45) is -3.27.